The Hall–Kier alpha value is -3.92. The van der Waals surface area contributed by atoms with Gasteiger partial charge in [0.2, 0.25) is 0 Å². The molecule has 0 aliphatic rings. The van der Waals surface area contributed by atoms with Crippen LogP contribution in [0.1, 0.15) is 25.2 Å². The van der Waals surface area contributed by atoms with E-state index in [-0.39, 0.29) is 0 Å². The number of nitrogens with zero attached hydrogens (tertiary/aromatic N) is 2. The molecule has 4 heteroatoms. The molecule has 4 nitrogen and oxygen atoms in total. The van der Waals surface area contributed by atoms with E-state index >= 15 is 0 Å². The van der Waals surface area contributed by atoms with Crippen LogP contribution in [0.3, 0.4) is 0 Å². The van der Waals surface area contributed by atoms with Gasteiger partial charge in [0, 0.05) is 33.6 Å². The maximum Gasteiger partial charge on any atom is 0.138 e. The highest BCUT2D eigenvalue weighted by Crippen LogP contribution is 2.30. The first-order valence-electron chi connectivity index (χ1n) is 11.2. The maximum atomic E-state index is 4.96. The molecule has 5 rings (SSSR count). The van der Waals surface area contributed by atoms with E-state index in [1.54, 1.807) is 0 Å². The minimum Gasteiger partial charge on any atom is -0.341 e. The minimum atomic E-state index is 0.883. The summed E-state index contributed by atoms with van der Waals surface area (Å²) in [6.45, 7) is 4.31. The molecule has 0 saturated heterocycles. The average Bonchev–Trinajstić information content (AvgIpc) is 3.50. The van der Waals surface area contributed by atoms with Crippen molar-refractivity contribution in [3.63, 3.8) is 0 Å². The second-order valence-electron chi connectivity index (χ2n) is 7.85. The third-order valence-electron chi connectivity index (χ3n) is 5.77. The molecule has 3 aromatic carbocycles. The van der Waals surface area contributed by atoms with Gasteiger partial charge in [-0.25, -0.2) is 9.97 Å². The van der Waals surface area contributed by atoms with Crippen LogP contribution in [0.15, 0.2) is 84.9 Å². The molecule has 0 fully saturated rings. The van der Waals surface area contributed by atoms with Crippen molar-refractivity contribution in [3.05, 3.63) is 96.3 Å². The summed E-state index contributed by atoms with van der Waals surface area (Å²) >= 11 is 0. The number of imidazole rings is 2. The lowest BCUT2D eigenvalue weighted by atomic mass is 10.1. The number of benzene rings is 3. The summed E-state index contributed by atoms with van der Waals surface area (Å²) in [6.07, 6.45) is 1.80. The summed E-state index contributed by atoms with van der Waals surface area (Å²) in [5, 5.41) is 0. The van der Waals surface area contributed by atoms with Gasteiger partial charge in [-0.2, -0.15) is 0 Å². The van der Waals surface area contributed by atoms with Gasteiger partial charge in [0.05, 0.1) is 11.4 Å². The Morgan fingerprint density at radius 2 is 0.938 bits per heavy atom. The van der Waals surface area contributed by atoms with Crippen molar-refractivity contribution >= 4 is 0 Å². The van der Waals surface area contributed by atoms with E-state index in [0.717, 1.165) is 69.5 Å². The molecule has 0 spiro atoms. The van der Waals surface area contributed by atoms with Crippen molar-refractivity contribution in [1.29, 1.82) is 0 Å². The molecule has 0 amide bonds. The van der Waals surface area contributed by atoms with Gasteiger partial charge < -0.3 is 9.97 Å². The summed E-state index contributed by atoms with van der Waals surface area (Å²) in [4.78, 5) is 17.0. The number of aryl methyl sites for hydroxylation is 2. The molecule has 32 heavy (non-hydrogen) atoms. The number of hydrogen-bond donors (Lipinski definition) is 2. The van der Waals surface area contributed by atoms with E-state index < -0.39 is 0 Å². The van der Waals surface area contributed by atoms with E-state index in [9.17, 15) is 0 Å². The fourth-order valence-corrected chi connectivity index (χ4v) is 4.09. The second-order valence-corrected chi connectivity index (χ2v) is 7.85. The summed E-state index contributed by atoms with van der Waals surface area (Å²) in [5.74, 6) is 1.77. The van der Waals surface area contributed by atoms with E-state index in [1.807, 2.05) is 12.1 Å². The molecular weight excluding hydrogens is 392 g/mol. The number of H-pyrrole nitrogens is 2. The van der Waals surface area contributed by atoms with Crippen LogP contribution >= 0.6 is 0 Å². The maximum absolute atomic E-state index is 4.96. The number of rotatable bonds is 6. The monoisotopic (exact) mass is 418 g/mol. The van der Waals surface area contributed by atoms with Crippen LogP contribution in [-0.4, -0.2) is 19.9 Å². The van der Waals surface area contributed by atoms with Crippen LogP contribution in [0.4, 0.5) is 0 Å². The predicted octanol–water partition coefficient (Wildman–Crippen LogP) is 6.93. The normalized spacial score (nSPS) is 11.1. The predicted molar refractivity (Wildman–Crippen MR) is 131 cm³/mol. The zero-order valence-corrected chi connectivity index (χ0v) is 18.4. The summed E-state index contributed by atoms with van der Waals surface area (Å²) in [5.41, 5.74) is 8.70. The molecule has 0 saturated carbocycles. The van der Waals surface area contributed by atoms with E-state index in [0.29, 0.717) is 0 Å². The third-order valence-corrected chi connectivity index (χ3v) is 5.77. The molecular formula is C28H26N4. The Kier molecular flexibility index (Phi) is 5.42. The van der Waals surface area contributed by atoms with Crippen molar-refractivity contribution in [3.8, 4) is 45.3 Å². The van der Waals surface area contributed by atoms with Gasteiger partial charge in [-0.05, 0) is 18.9 Å². The van der Waals surface area contributed by atoms with E-state index in [4.69, 9.17) is 9.97 Å². The fraction of sp³-hybridized carbons (Fsp3) is 0.143. The number of nitrogens with one attached hydrogen (secondary N) is 2. The lowest BCUT2D eigenvalue weighted by molar-refractivity contribution is 1.07. The topological polar surface area (TPSA) is 57.4 Å². The van der Waals surface area contributed by atoms with Gasteiger partial charge in [0.25, 0.3) is 0 Å². The fourth-order valence-electron chi connectivity index (χ4n) is 4.09. The van der Waals surface area contributed by atoms with E-state index in [1.165, 1.54) is 0 Å². The van der Waals surface area contributed by atoms with Gasteiger partial charge in [0.1, 0.15) is 11.6 Å². The lowest BCUT2D eigenvalue weighted by Gasteiger charge is -2.01. The van der Waals surface area contributed by atoms with Crippen LogP contribution in [0.25, 0.3) is 45.3 Å². The van der Waals surface area contributed by atoms with Crippen molar-refractivity contribution < 1.29 is 0 Å². The first-order chi connectivity index (χ1) is 15.8. The Morgan fingerprint density at radius 3 is 1.34 bits per heavy atom. The minimum absolute atomic E-state index is 0.883. The Labute approximate surface area is 188 Å². The molecule has 0 aliphatic carbocycles. The number of aromatic amines is 2. The van der Waals surface area contributed by atoms with Crippen molar-refractivity contribution in [2.75, 3.05) is 0 Å². The highest BCUT2D eigenvalue weighted by atomic mass is 14.9. The number of hydrogen-bond acceptors (Lipinski definition) is 2. The summed E-state index contributed by atoms with van der Waals surface area (Å²) in [6, 6.07) is 29.1. The average molecular weight is 419 g/mol. The molecule has 2 N–H and O–H groups in total. The van der Waals surface area contributed by atoms with Crippen LogP contribution in [-0.2, 0) is 12.8 Å². The highest BCUT2D eigenvalue weighted by molar-refractivity contribution is 5.73. The first kappa shape index (κ1) is 20.0. The third kappa shape index (κ3) is 3.76. The van der Waals surface area contributed by atoms with E-state index in [2.05, 4.69) is 96.6 Å². The summed E-state index contributed by atoms with van der Waals surface area (Å²) in [7, 11) is 0. The molecule has 0 radical (unpaired) electrons. The zero-order chi connectivity index (χ0) is 21.9. The quantitative estimate of drug-likeness (QED) is 0.314. The lowest BCUT2D eigenvalue weighted by Crippen LogP contribution is -1.86. The Bertz CT molecular complexity index is 1230. The Balaban J connectivity index is 1.54. The molecule has 5 aromatic rings. The smallest absolute Gasteiger partial charge is 0.138 e. The largest absolute Gasteiger partial charge is 0.341 e. The van der Waals surface area contributed by atoms with Crippen molar-refractivity contribution in [2.24, 2.45) is 0 Å². The molecule has 158 valence electrons. The molecule has 2 heterocycles. The van der Waals surface area contributed by atoms with Crippen LogP contribution in [0.5, 0.6) is 0 Å². The molecule has 0 atom stereocenters. The first-order valence-corrected chi connectivity index (χ1v) is 11.2. The van der Waals surface area contributed by atoms with Crippen molar-refractivity contribution in [2.45, 2.75) is 26.7 Å². The zero-order valence-electron chi connectivity index (χ0n) is 18.4. The highest BCUT2D eigenvalue weighted by Gasteiger charge is 2.15. The van der Waals surface area contributed by atoms with Gasteiger partial charge in [-0.15, -0.1) is 0 Å². The van der Waals surface area contributed by atoms with Gasteiger partial charge in [-0.3, -0.25) is 0 Å². The molecule has 0 unspecified atom stereocenters. The summed E-state index contributed by atoms with van der Waals surface area (Å²) < 4.78 is 0. The van der Waals surface area contributed by atoms with Crippen molar-refractivity contribution in [1.82, 2.24) is 19.9 Å². The standard InChI is InChI=1S/C28H26N4/c1-3-23-25(19-12-7-5-8-13-19)31-27(29-23)21-16-11-17-22(18-21)28-30-24(4-2)26(32-28)20-14-9-6-10-15-20/h5-18H,3-4H2,1-2H3,(H,29,31)(H,30,32). The Morgan fingerprint density at radius 1 is 0.531 bits per heavy atom. The van der Waals surface area contributed by atoms with Crippen LogP contribution in [0, 0.1) is 0 Å². The van der Waals surface area contributed by atoms with Crippen LogP contribution < -0.4 is 0 Å². The SMILES string of the molecule is CCc1[nH]c(-c2cccc(-c3nc(-c4ccccc4)c(CC)[nH]3)c2)nc1-c1ccccc1. The molecule has 0 aliphatic heterocycles. The second kappa shape index (κ2) is 8.67. The van der Waals surface area contributed by atoms with Gasteiger partial charge >= 0.3 is 0 Å². The van der Waals surface area contributed by atoms with Crippen LogP contribution in [0.2, 0.25) is 0 Å². The van der Waals surface area contributed by atoms with Gasteiger partial charge in [-0.1, -0.05) is 92.7 Å². The molecule has 0 bridgehead atoms. The number of aromatic nitrogens is 4. The molecule has 2 aromatic heterocycles. The van der Waals surface area contributed by atoms with Gasteiger partial charge in [0.15, 0.2) is 0 Å².